The van der Waals surface area contributed by atoms with E-state index < -0.39 is 0 Å². The number of aryl methyl sites for hydroxylation is 1. The molecule has 21 heavy (non-hydrogen) atoms. The topological polar surface area (TPSA) is 67.3 Å². The molecule has 102 valence electrons. The van der Waals surface area contributed by atoms with E-state index in [0.29, 0.717) is 0 Å². The molecule has 1 aromatic carbocycles. The van der Waals surface area contributed by atoms with Crippen molar-refractivity contribution < 1.29 is 0 Å². The van der Waals surface area contributed by atoms with Gasteiger partial charge in [0.05, 0.1) is 33.3 Å². The normalized spacial score (nSPS) is 11.1. The third-order valence-electron chi connectivity index (χ3n) is 3.37. The Bertz CT molecular complexity index is 894. The molecule has 0 aliphatic rings. The molecule has 1 N–H and O–H groups in total. The average molecular weight is 293 g/mol. The van der Waals surface area contributed by atoms with Crippen molar-refractivity contribution in [1.82, 2.24) is 25.4 Å². The molecule has 0 atom stereocenters. The number of benzene rings is 1. The second kappa shape index (κ2) is 4.75. The van der Waals surface area contributed by atoms with E-state index in [1.807, 2.05) is 30.8 Å². The number of nitrogens with one attached hydrogen (secondary N) is 1. The van der Waals surface area contributed by atoms with Crippen LogP contribution in [0, 0.1) is 6.92 Å². The summed E-state index contributed by atoms with van der Waals surface area (Å²) in [5, 5.41) is 15.3. The Morgan fingerprint density at radius 2 is 1.95 bits per heavy atom. The maximum absolute atomic E-state index is 4.51. The average Bonchev–Trinajstić information content (AvgIpc) is 3.19. The number of hydrogen-bond acceptors (Lipinski definition) is 5. The predicted octanol–water partition coefficient (Wildman–Crippen LogP) is 3.45. The molecule has 3 aromatic heterocycles. The molecule has 0 fully saturated rings. The van der Waals surface area contributed by atoms with Crippen LogP contribution in [0.4, 0.5) is 0 Å². The fourth-order valence-corrected chi connectivity index (χ4v) is 3.16. The van der Waals surface area contributed by atoms with Crippen LogP contribution in [0.3, 0.4) is 0 Å². The Morgan fingerprint density at radius 3 is 2.71 bits per heavy atom. The number of nitrogens with zero attached hydrogens (tertiary/aromatic N) is 4. The van der Waals surface area contributed by atoms with Crippen LogP contribution in [0.2, 0.25) is 0 Å². The highest BCUT2D eigenvalue weighted by Gasteiger charge is 2.13. The zero-order chi connectivity index (χ0) is 14.2. The number of H-pyrrole nitrogens is 1. The van der Waals surface area contributed by atoms with Gasteiger partial charge in [0.2, 0.25) is 0 Å². The molecule has 0 bridgehead atoms. The zero-order valence-electron chi connectivity index (χ0n) is 11.2. The van der Waals surface area contributed by atoms with Crippen LogP contribution in [0.15, 0.2) is 42.2 Å². The van der Waals surface area contributed by atoms with Gasteiger partial charge in [-0.3, -0.25) is 5.10 Å². The first kappa shape index (κ1) is 12.2. The number of hydrogen-bond donors (Lipinski definition) is 1. The summed E-state index contributed by atoms with van der Waals surface area (Å²) in [6, 6.07) is 8.10. The first-order valence-corrected chi connectivity index (χ1v) is 7.37. The molecule has 6 heteroatoms. The van der Waals surface area contributed by atoms with Gasteiger partial charge in [-0.15, -0.1) is 11.3 Å². The van der Waals surface area contributed by atoms with Gasteiger partial charge in [-0.25, -0.2) is 4.98 Å². The Kier molecular flexibility index (Phi) is 2.75. The van der Waals surface area contributed by atoms with Gasteiger partial charge < -0.3 is 0 Å². The van der Waals surface area contributed by atoms with Gasteiger partial charge in [0, 0.05) is 22.9 Å². The standard InChI is InChI=1S/C15H11N5S/c1-9-2-5-13(20-19-9)12-4-3-11(10-6-17-18-7-10)14-15(12)21-8-16-14/h2-8H,1H3,(H,17,18). The molecule has 5 nitrogen and oxygen atoms in total. The van der Waals surface area contributed by atoms with Gasteiger partial charge in [0.1, 0.15) is 0 Å². The van der Waals surface area contributed by atoms with Gasteiger partial charge in [0.25, 0.3) is 0 Å². The molecular weight excluding hydrogens is 282 g/mol. The Hall–Kier alpha value is -2.60. The Labute approximate surface area is 124 Å². The molecule has 0 amide bonds. The molecule has 0 radical (unpaired) electrons. The molecule has 4 rings (SSSR count). The van der Waals surface area contributed by atoms with Crippen molar-refractivity contribution in [1.29, 1.82) is 0 Å². The monoisotopic (exact) mass is 293 g/mol. The lowest BCUT2D eigenvalue weighted by Crippen LogP contribution is -1.90. The second-order valence-corrected chi connectivity index (χ2v) is 5.59. The molecule has 0 saturated heterocycles. The van der Waals surface area contributed by atoms with Crippen LogP contribution in [0.1, 0.15) is 5.69 Å². The molecule has 4 aromatic rings. The molecule has 0 aliphatic carbocycles. The van der Waals surface area contributed by atoms with Crippen LogP contribution in [-0.2, 0) is 0 Å². The maximum Gasteiger partial charge on any atom is 0.0944 e. The summed E-state index contributed by atoms with van der Waals surface area (Å²) >= 11 is 1.61. The van der Waals surface area contributed by atoms with Crippen molar-refractivity contribution in [3.8, 4) is 22.4 Å². The van der Waals surface area contributed by atoms with Crippen molar-refractivity contribution in [2.24, 2.45) is 0 Å². The van der Waals surface area contributed by atoms with Gasteiger partial charge in [-0.2, -0.15) is 15.3 Å². The maximum atomic E-state index is 4.51. The predicted molar refractivity (Wildman–Crippen MR) is 83.0 cm³/mol. The molecule has 0 unspecified atom stereocenters. The van der Waals surface area contributed by atoms with Crippen LogP contribution in [0.25, 0.3) is 32.6 Å². The minimum Gasteiger partial charge on any atom is -0.285 e. The Balaban J connectivity index is 1.95. The molecule has 0 aliphatic heterocycles. The van der Waals surface area contributed by atoms with Gasteiger partial charge >= 0.3 is 0 Å². The van der Waals surface area contributed by atoms with Crippen molar-refractivity contribution in [3.63, 3.8) is 0 Å². The minimum atomic E-state index is 0.869. The van der Waals surface area contributed by atoms with E-state index in [1.165, 1.54) is 0 Å². The van der Waals surface area contributed by atoms with E-state index in [4.69, 9.17) is 0 Å². The first-order chi connectivity index (χ1) is 10.3. The smallest absolute Gasteiger partial charge is 0.0944 e. The molecule has 0 saturated carbocycles. The first-order valence-electron chi connectivity index (χ1n) is 6.49. The van der Waals surface area contributed by atoms with Crippen molar-refractivity contribution in [2.45, 2.75) is 6.92 Å². The van der Waals surface area contributed by atoms with E-state index >= 15 is 0 Å². The summed E-state index contributed by atoms with van der Waals surface area (Å²) in [5.41, 5.74) is 7.78. The quantitative estimate of drug-likeness (QED) is 0.614. The number of aromatic nitrogens is 5. The highest BCUT2D eigenvalue weighted by Crippen LogP contribution is 2.36. The highest BCUT2D eigenvalue weighted by atomic mass is 32.1. The van der Waals surface area contributed by atoms with Crippen LogP contribution in [-0.4, -0.2) is 25.4 Å². The largest absolute Gasteiger partial charge is 0.285 e. The van der Waals surface area contributed by atoms with Crippen molar-refractivity contribution in [2.75, 3.05) is 0 Å². The highest BCUT2D eigenvalue weighted by molar-refractivity contribution is 7.17. The Morgan fingerprint density at radius 1 is 1.05 bits per heavy atom. The van der Waals surface area contributed by atoms with E-state index in [-0.39, 0.29) is 0 Å². The van der Waals surface area contributed by atoms with E-state index in [1.54, 1.807) is 17.5 Å². The van der Waals surface area contributed by atoms with E-state index in [9.17, 15) is 0 Å². The van der Waals surface area contributed by atoms with Crippen molar-refractivity contribution >= 4 is 21.6 Å². The van der Waals surface area contributed by atoms with E-state index in [0.717, 1.165) is 38.3 Å². The summed E-state index contributed by atoms with van der Waals surface area (Å²) < 4.78 is 1.12. The van der Waals surface area contributed by atoms with Crippen LogP contribution < -0.4 is 0 Å². The summed E-state index contributed by atoms with van der Waals surface area (Å²) in [6.45, 7) is 1.93. The van der Waals surface area contributed by atoms with Crippen LogP contribution in [0.5, 0.6) is 0 Å². The lowest BCUT2D eigenvalue weighted by atomic mass is 10.0. The zero-order valence-corrected chi connectivity index (χ0v) is 12.1. The number of aromatic amines is 1. The lowest BCUT2D eigenvalue weighted by molar-refractivity contribution is 0.988. The van der Waals surface area contributed by atoms with Crippen LogP contribution >= 0.6 is 11.3 Å². The SMILES string of the molecule is Cc1ccc(-c2ccc(-c3cn[nH]c3)c3ncsc23)nn1. The third kappa shape index (κ3) is 2.00. The second-order valence-electron chi connectivity index (χ2n) is 4.74. The molecule has 3 heterocycles. The van der Waals surface area contributed by atoms with Crippen molar-refractivity contribution in [3.05, 3.63) is 47.9 Å². The fourth-order valence-electron chi connectivity index (χ4n) is 2.33. The summed E-state index contributed by atoms with van der Waals surface area (Å²) in [4.78, 5) is 4.51. The molecule has 0 spiro atoms. The third-order valence-corrected chi connectivity index (χ3v) is 4.23. The summed E-state index contributed by atoms with van der Waals surface area (Å²) in [7, 11) is 0. The van der Waals surface area contributed by atoms with Gasteiger partial charge in [-0.1, -0.05) is 12.1 Å². The fraction of sp³-hybridized carbons (Fsp3) is 0.0667. The minimum absolute atomic E-state index is 0.869. The van der Waals surface area contributed by atoms with Gasteiger partial charge in [-0.05, 0) is 19.1 Å². The number of thiazole rings is 1. The molecular formula is C15H11N5S. The summed E-state index contributed by atoms with van der Waals surface area (Å²) in [6.07, 6.45) is 3.68. The number of fused-ring (bicyclic) bond motifs is 1. The lowest BCUT2D eigenvalue weighted by Gasteiger charge is -2.05. The summed E-state index contributed by atoms with van der Waals surface area (Å²) in [5.74, 6) is 0. The van der Waals surface area contributed by atoms with Gasteiger partial charge in [0.15, 0.2) is 0 Å². The van der Waals surface area contributed by atoms with E-state index in [2.05, 4.69) is 37.5 Å². The number of rotatable bonds is 2.